The normalized spacial score (nSPS) is 14.8. The predicted octanol–water partition coefficient (Wildman–Crippen LogP) is 4.17. The highest BCUT2D eigenvalue weighted by Crippen LogP contribution is 2.28. The second kappa shape index (κ2) is 7.24. The van der Waals surface area contributed by atoms with Crippen molar-refractivity contribution in [3.05, 3.63) is 69.7 Å². The van der Waals surface area contributed by atoms with Crippen molar-refractivity contribution in [3.8, 4) is 0 Å². The van der Waals surface area contributed by atoms with E-state index in [1.54, 1.807) is 42.5 Å². The summed E-state index contributed by atoms with van der Waals surface area (Å²) in [6.07, 6.45) is 0.835. The summed E-state index contributed by atoms with van der Waals surface area (Å²) >= 11 is 12.1. The average Bonchev–Trinajstić information content (AvgIpc) is 3.37. The van der Waals surface area contributed by atoms with Crippen molar-refractivity contribution in [3.63, 3.8) is 0 Å². The molecule has 2 aromatic rings. The van der Waals surface area contributed by atoms with Gasteiger partial charge >= 0.3 is 5.97 Å². The number of rotatable bonds is 5. The van der Waals surface area contributed by atoms with E-state index >= 15 is 0 Å². The average molecular weight is 364 g/mol. The van der Waals surface area contributed by atoms with E-state index in [-0.39, 0.29) is 27.6 Å². The van der Waals surface area contributed by atoms with Crippen LogP contribution in [0.1, 0.15) is 34.9 Å². The number of amides is 1. The molecule has 0 radical (unpaired) electrons. The van der Waals surface area contributed by atoms with Crippen molar-refractivity contribution in [1.29, 1.82) is 0 Å². The fourth-order valence-electron chi connectivity index (χ4n) is 2.26. The van der Waals surface area contributed by atoms with Crippen molar-refractivity contribution in [2.75, 3.05) is 0 Å². The highest BCUT2D eigenvalue weighted by atomic mass is 35.5. The molecule has 3 rings (SSSR count). The second-order valence-electron chi connectivity index (χ2n) is 5.58. The first-order valence-corrected chi connectivity index (χ1v) is 8.32. The third-order valence-electron chi connectivity index (χ3n) is 3.66. The van der Waals surface area contributed by atoms with Gasteiger partial charge in [-0.05, 0) is 25.0 Å². The van der Waals surface area contributed by atoms with E-state index in [4.69, 9.17) is 27.9 Å². The lowest BCUT2D eigenvalue weighted by Gasteiger charge is -2.18. The van der Waals surface area contributed by atoms with Gasteiger partial charge in [-0.15, -0.1) is 0 Å². The minimum Gasteiger partial charge on any atom is -0.444 e. The van der Waals surface area contributed by atoms with Crippen molar-refractivity contribution >= 4 is 35.1 Å². The van der Waals surface area contributed by atoms with Crippen LogP contribution in [0, 0.1) is 0 Å². The Bertz CT molecular complexity index is 740. The summed E-state index contributed by atoms with van der Waals surface area (Å²) in [6, 6.07) is 13.7. The van der Waals surface area contributed by atoms with Crippen LogP contribution in [0.5, 0.6) is 0 Å². The molecule has 1 amide bonds. The largest absolute Gasteiger partial charge is 0.444 e. The molecule has 1 atom stereocenters. The Hall–Kier alpha value is -2.04. The lowest BCUT2D eigenvalue weighted by molar-refractivity contribution is -0.130. The van der Waals surface area contributed by atoms with Crippen LogP contribution in [-0.2, 0) is 9.53 Å². The van der Waals surface area contributed by atoms with Crippen molar-refractivity contribution < 1.29 is 14.3 Å². The van der Waals surface area contributed by atoms with Gasteiger partial charge in [0.05, 0.1) is 15.6 Å². The summed E-state index contributed by atoms with van der Waals surface area (Å²) in [5, 5.41) is 3.22. The van der Waals surface area contributed by atoms with Gasteiger partial charge < -0.3 is 10.1 Å². The number of hydrogen-bond donors (Lipinski definition) is 1. The number of ether oxygens (including phenoxy) is 1. The second-order valence-corrected chi connectivity index (χ2v) is 6.39. The molecule has 0 saturated heterocycles. The molecule has 4 nitrogen and oxygen atoms in total. The molecule has 24 heavy (non-hydrogen) atoms. The highest BCUT2D eigenvalue weighted by Gasteiger charge is 2.31. The van der Waals surface area contributed by atoms with E-state index in [1.165, 1.54) is 0 Å². The molecule has 1 unspecified atom stereocenters. The smallest absolute Gasteiger partial charge is 0.342 e. The van der Waals surface area contributed by atoms with Gasteiger partial charge in [-0.1, -0.05) is 59.6 Å². The number of benzene rings is 2. The maximum absolute atomic E-state index is 12.5. The minimum atomic E-state index is -1.05. The molecule has 1 aliphatic rings. The maximum atomic E-state index is 12.5. The van der Waals surface area contributed by atoms with Crippen molar-refractivity contribution in [2.45, 2.75) is 25.0 Å². The van der Waals surface area contributed by atoms with E-state index < -0.39 is 12.1 Å². The molecule has 0 bridgehead atoms. The molecule has 2 aromatic carbocycles. The van der Waals surface area contributed by atoms with E-state index in [0.717, 1.165) is 12.8 Å². The quantitative estimate of drug-likeness (QED) is 0.811. The third kappa shape index (κ3) is 3.89. The topological polar surface area (TPSA) is 55.4 Å². The van der Waals surface area contributed by atoms with E-state index in [2.05, 4.69) is 5.32 Å². The van der Waals surface area contributed by atoms with Crippen LogP contribution < -0.4 is 5.32 Å². The third-order valence-corrected chi connectivity index (χ3v) is 4.29. The van der Waals surface area contributed by atoms with Crippen LogP contribution in [-0.4, -0.2) is 17.9 Å². The Morgan fingerprint density at radius 2 is 1.62 bits per heavy atom. The summed E-state index contributed by atoms with van der Waals surface area (Å²) < 4.78 is 5.45. The SMILES string of the molecule is O=C(OC(C(=O)NC1CC1)c1ccccc1)c1c(Cl)cccc1Cl. The molecule has 1 saturated carbocycles. The lowest BCUT2D eigenvalue weighted by atomic mass is 10.1. The molecule has 1 aliphatic carbocycles. The fourth-order valence-corrected chi connectivity index (χ4v) is 2.82. The highest BCUT2D eigenvalue weighted by molar-refractivity contribution is 6.39. The number of nitrogens with one attached hydrogen (secondary N) is 1. The Morgan fingerprint density at radius 3 is 2.21 bits per heavy atom. The molecule has 1 fully saturated rings. The van der Waals surface area contributed by atoms with Gasteiger partial charge in [0.1, 0.15) is 0 Å². The number of hydrogen-bond acceptors (Lipinski definition) is 3. The number of esters is 1. The van der Waals surface area contributed by atoms with E-state index in [0.29, 0.717) is 5.56 Å². The molecule has 0 aromatic heterocycles. The number of carbonyl (C=O) groups excluding carboxylic acids is 2. The lowest BCUT2D eigenvalue weighted by Crippen LogP contribution is -2.33. The zero-order valence-corrected chi connectivity index (χ0v) is 14.2. The Morgan fingerprint density at radius 1 is 1.00 bits per heavy atom. The molecule has 1 N–H and O–H groups in total. The maximum Gasteiger partial charge on any atom is 0.342 e. The van der Waals surface area contributed by atoms with Crippen molar-refractivity contribution in [2.24, 2.45) is 0 Å². The number of carbonyl (C=O) groups is 2. The standard InChI is InChI=1S/C18H15Cl2NO3/c19-13-7-4-8-14(20)15(13)18(23)24-16(11-5-2-1-3-6-11)17(22)21-12-9-10-12/h1-8,12,16H,9-10H2,(H,21,22). The molecular formula is C18H15Cl2NO3. The molecule has 0 aliphatic heterocycles. The van der Waals surface area contributed by atoms with Crippen LogP contribution in [0.15, 0.2) is 48.5 Å². The zero-order chi connectivity index (χ0) is 17.1. The van der Waals surface area contributed by atoms with E-state index in [9.17, 15) is 9.59 Å². The summed E-state index contributed by atoms with van der Waals surface area (Å²) in [5.74, 6) is -1.08. The van der Waals surface area contributed by atoms with Crippen LogP contribution in [0.4, 0.5) is 0 Å². The first kappa shape index (κ1) is 16.8. The molecular weight excluding hydrogens is 349 g/mol. The van der Waals surface area contributed by atoms with Gasteiger partial charge in [0, 0.05) is 11.6 Å². The van der Waals surface area contributed by atoms with Crippen LogP contribution in [0.3, 0.4) is 0 Å². The monoisotopic (exact) mass is 363 g/mol. The minimum absolute atomic E-state index is 0.0565. The van der Waals surface area contributed by atoms with Crippen LogP contribution in [0.2, 0.25) is 10.0 Å². The Labute approximate surface area is 149 Å². The molecule has 0 heterocycles. The molecule has 0 spiro atoms. The molecule has 6 heteroatoms. The summed E-state index contributed by atoms with van der Waals surface area (Å²) in [4.78, 5) is 25.0. The first-order valence-electron chi connectivity index (χ1n) is 7.56. The fraction of sp³-hybridized carbons (Fsp3) is 0.222. The van der Waals surface area contributed by atoms with Gasteiger partial charge in [0.2, 0.25) is 6.10 Å². The summed E-state index contributed by atoms with van der Waals surface area (Å²) in [6.45, 7) is 0. The van der Waals surface area contributed by atoms with Crippen LogP contribution >= 0.6 is 23.2 Å². The van der Waals surface area contributed by atoms with Gasteiger partial charge in [-0.2, -0.15) is 0 Å². The van der Waals surface area contributed by atoms with E-state index in [1.807, 2.05) is 6.07 Å². The van der Waals surface area contributed by atoms with Gasteiger partial charge in [0.25, 0.3) is 5.91 Å². The summed E-state index contributed by atoms with van der Waals surface area (Å²) in [7, 11) is 0. The Balaban J connectivity index is 1.85. The van der Waals surface area contributed by atoms with Gasteiger partial charge in [-0.3, -0.25) is 4.79 Å². The Kier molecular flexibility index (Phi) is 5.07. The molecule has 124 valence electrons. The number of halogens is 2. The van der Waals surface area contributed by atoms with Crippen molar-refractivity contribution in [1.82, 2.24) is 5.32 Å². The zero-order valence-electron chi connectivity index (χ0n) is 12.7. The van der Waals surface area contributed by atoms with Crippen LogP contribution in [0.25, 0.3) is 0 Å². The van der Waals surface area contributed by atoms with Gasteiger partial charge in [-0.25, -0.2) is 4.79 Å². The van der Waals surface area contributed by atoms with Gasteiger partial charge in [0.15, 0.2) is 0 Å². The summed E-state index contributed by atoms with van der Waals surface area (Å²) in [5.41, 5.74) is 0.646. The first-order chi connectivity index (χ1) is 11.6. The predicted molar refractivity (Wildman–Crippen MR) is 92.2 cm³/mol.